The number of piperidine rings is 1. The molecule has 1 fully saturated rings. The molecule has 1 aromatic rings. The van der Waals surface area contributed by atoms with Crippen molar-refractivity contribution in [2.75, 3.05) is 19.6 Å². The Bertz CT molecular complexity index is 435. The van der Waals surface area contributed by atoms with Gasteiger partial charge >= 0.3 is 5.97 Å². The minimum absolute atomic E-state index is 0.117. The molecule has 2 heterocycles. The largest absolute Gasteiger partial charge is 0.481 e. The number of carbonyl (C=O) groups is 2. The van der Waals surface area contributed by atoms with Crippen molar-refractivity contribution in [3.8, 4) is 0 Å². The first kappa shape index (κ1) is 12.6. The van der Waals surface area contributed by atoms with Gasteiger partial charge in [0.1, 0.15) is 5.69 Å². The van der Waals surface area contributed by atoms with E-state index in [0.717, 1.165) is 13.0 Å². The normalized spacial score (nSPS) is 20.6. The van der Waals surface area contributed by atoms with Crippen LogP contribution in [0.3, 0.4) is 0 Å². The van der Waals surface area contributed by atoms with Gasteiger partial charge in [0.2, 0.25) is 0 Å². The fourth-order valence-electron chi connectivity index (χ4n) is 2.13. The molecule has 0 amide bonds. The van der Waals surface area contributed by atoms with E-state index in [0.29, 0.717) is 18.7 Å². The van der Waals surface area contributed by atoms with Crippen LogP contribution in [0.1, 0.15) is 23.3 Å². The molecule has 0 saturated carbocycles. The number of carboxylic acids is 1. The summed E-state index contributed by atoms with van der Waals surface area (Å²) in [5.41, 5.74) is 0.329. The number of carbonyl (C=O) groups excluding carboxylic acids is 1. The average molecular weight is 249 g/mol. The molecule has 96 valence electrons. The topological polar surface area (TPSA) is 83.4 Å². The molecular formula is C12H15N3O3. The number of hydrogen-bond donors (Lipinski definition) is 1. The SMILES string of the molecule is O=C(CN1CCC[C@@H](C(=O)O)C1)c1cnccn1. The Kier molecular flexibility index (Phi) is 3.99. The highest BCUT2D eigenvalue weighted by Gasteiger charge is 2.26. The van der Waals surface area contributed by atoms with Crippen LogP contribution >= 0.6 is 0 Å². The quantitative estimate of drug-likeness (QED) is 0.780. The summed E-state index contributed by atoms with van der Waals surface area (Å²) in [5, 5.41) is 8.97. The van der Waals surface area contributed by atoms with Gasteiger partial charge in [-0.1, -0.05) is 0 Å². The number of nitrogens with zero attached hydrogens (tertiary/aromatic N) is 3. The van der Waals surface area contributed by atoms with Crippen LogP contribution in [-0.4, -0.2) is 51.4 Å². The Hall–Kier alpha value is -1.82. The zero-order chi connectivity index (χ0) is 13.0. The molecule has 1 aromatic heterocycles. The molecule has 2 rings (SSSR count). The summed E-state index contributed by atoms with van der Waals surface area (Å²) in [6.45, 7) is 1.40. The number of hydrogen-bond acceptors (Lipinski definition) is 5. The molecule has 0 bridgehead atoms. The van der Waals surface area contributed by atoms with Gasteiger partial charge in [-0.25, -0.2) is 4.98 Å². The third-order valence-electron chi connectivity index (χ3n) is 3.07. The maximum Gasteiger partial charge on any atom is 0.307 e. The molecule has 6 nitrogen and oxygen atoms in total. The predicted octanol–water partition coefficient (Wildman–Crippen LogP) is 0.456. The number of aliphatic carboxylic acids is 1. The van der Waals surface area contributed by atoms with Crippen molar-refractivity contribution in [1.29, 1.82) is 0 Å². The van der Waals surface area contributed by atoms with E-state index in [1.54, 1.807) is 0 Å². The van der Waals surface area contributed by atoms with Gasteiger partial charge in [-0.3, -0.25) is 19.5 Å². The number of likely N-dealkylation sites (tertiary alicyclic amines) is 1. The number of aromatic nitrogens is 2. The number of rotatable bonds is 4. The van der Waals surface area contributed by atoms with Gasteiger partial charge in [-0.15, -0.1) is 0 Å². The van der Waals surface area contributed by atoms with Crippen molar-refractivity contribution in [2.24, 2.45) is 5.92 Å². The van der Waals surface area contributed by atoms with Crippen LogP contribution in [0.15, 0.2) is 18.6 Å². The van der Waals surface area contributed by atoms with Gasteiger partial charge in [0.15, 0.2) is 5.78 Å². The fraction of sp³-hybridized carbons (Fsp3) is 0.500. The lowest BCUT2D eigenvalue weighted by Gasteiger charge is -2.29. The van der Waals surface area contributed by atoms with Crippen molar-refractivity contribution in [1.82, 2.24) is 14.9 Å². The Morgan fingerprint density at radius 1 is 1.44 bits per heavy atom. The average Bonchev–Trinajstić information content (AvgIpc) is 2.40. The molecule has 18 heavy (non-hydrogen) atoms. The summed E-state index contributed by atoms with van der Waals surface area (Å²) in [4.78, 5) is 32.5. The zero-order valence-electron chi connectivity index (χ0n) is 9.95. The molecule has 1 aliphatic heterocycles. The molecule has 0 aliphatic carbocycles. The highest BCUT2D eigenvalue weighted by atomic mass is 16.4. The summed E-state index contributed by atoms with van der Waals surface area (Å²) in [5.74, 6) is -1.27. The lowest BCUT2D eigenvalue weighted by atomic mass is 9.98. The lowest BCUT2D eigenvalue weighted by molar-refractivity contribution is -0.143. The van der Waals surface area contributed by atoms with E-state index in [4.69, 9.17) is 5.11 Å². The molecule has 1 aliphatic rings. The van der Waals surface area contributed by atoms with Crippen LogP contribution in [0.25, 0.3) is 0 Å². The van der Waals surface area contributed by atoms with Crippen LogP contribution in [0, 0.1) is 5.92 Å². The Labute approximate surface area is 105 Å². The minimum Gasteiger partial charge on any atom is -0.481 e. The van der Waals surface area contributed by atoms with Crippen molar-refractivity contribution in [3.05, 3.63) is 24.3 Å². The number of Topliss-reactive ketones (excluding diaryl/α,β-unsaturated/α-hetero) is 1. The van der Waals surface area contributed by atoms with Crippen LogP contribution in [0.5, 0.6) is 0 Å². The Balaban J connectivity index is 1.93. The smallest absolute Gasteiger partial charge is 0.307 e. The molecule has 1 N–H and O–H groups in total. The van der Waals surface area contributed by atoms with Crippen LogP contribution in [-0.2, 0) is 4.79 Å². The minimum atomic E-state index is -0.786. The maximum absolute atomic E-state index is 11.9. The molecule has 1 atom stereocenters. The number of carboxylic acid groups (broad SMARTS) is 1. The lowest BCUT2D eigenvalue weighted by Crippen LogP contribution is -2.41. The van der Waals surface area contributed by atoms with Gasteiger partial charge < -0.3 is 5.11 Å². The number of ketones is 1. The summed E-state index contributed by atoms with van der Waals surface area (Å²) in [7, 11) is 0. The van der Waals surface area contributed by atoms with Gasteiger partial charge in [0, 0.05) is 18.9 Å². The van der Waals surface area contributed by atoms with E-state index in [9.17, 15) is 9.59 Å². The zero-order valence-corrected chi connectivity index (χ0v) is 9.95. The molecule has 0 radical (unpaired) electrons. The second-order valence-corrected chi connectivity index (χ2v) is 4.43. The molecule has 0 aromatic carbocycles. The summed E-state index contributed by atoms with van der Waals surface area (Å²) in [6, 6.07) is 0. The highest BCUT2D eigenvalue weighted by Crippen LogP contribution is 2.16. The maximum atomic E-state index is 11.9. The molecular weight excluding hydrogens is 234 g/mol. The summed E-state index contributed by atoms with van der Waals surface area (Å²) < 4.78 is 0. The summed E-state index contributed by atoms with van der Waals surface area (Å²) >= 11 is 0. The highest BCUT2D eigenvalue weighted by molar-refractivity contribution is 5.95. The van der Waals surface area contributed by atoms with E-state index in [2.05, 4.69) is 9.97 Å². The van der Waals surface area contributed by atoms with Gasteiger partial charge in [0.05, 0.1) is 18.7 Å². The molecule has 0 spiro atoms. The van der Waals surface area contributed by atoms with Crippen molar-refractivity contribution in [3.63, 3.8) is 0 Å². The fourth-order valence-corrected chi connectivity index (χ4v) is 2.13. The standard InChI is InChI=1S/C12H15N3O3/c16-11(10-6-13-3-4-14-10)8-15-5-1-2-9(7-15)12(17)18/h3-4,6,9H,1-2,5,7-8H2,(H,17,18)/t9-/m1/s1. The van der Waals surface area contributed by atoms with Gasteiger partial charge in [-0.05, 0) is 19.4 Å². The van der Waals surface area contributed by atoms with E-state index in [1.165, 1.54) is 18.6 Å². The van der Waals surface area contributed by atoms with E-state index < -0.39 is 5.97 Å². The van der Waals surface area contributed by atoms with Gasteiger partial charge in [0.25, 0.3) is 0 Å². The van der Waals surface area contributed by atoms with Gasteiger partial charge in [-0.2, -0.15) is 0 Å². The third kappa shape index (κ3) is 3.10. The van der Waals surface area contributed by atoms with Crippen LogP contribution in [0.2, 0.25) is 0 Å². The second kappa shape index (κ2) is 5.68. The second-order valence-electron chi connectivity index (χ2n) is 4.43. The third-order valence-corrected chi connectivity index (χ3v) is 3.07. The first-order valence-electron chi connectivity index (χ1n) is 5.91. The molecule has 6 heteroatoms. The Morgan fingerprint density at radius 3 is 2.94 bits per heavy atom. The monoisotopic (exact) mass is 249 g/mol. The van der Waals surface area contributed by atoms with Crippen molar-refractivity contribution in [2.45, 2.75) is 12.8 Å². The summed E-state index contributed by atoms with van der Waals surface area (Å²) in [6.07, 6.45) is 5.92. The molecule has 0 unspecified atom stereocenters. The Morgan fingerprint density at radius 2 is 2.28 bits per heavy atom. The van der Waals surface area contributed by atoms with Crippen molar-refractivity contribution >= 4 is 11.8 Å². The van der Waals surface area contributed by atoms with Crippen LogP contribution in [0.4, 0.5) is 0 Å². The van der Waals surface area contributed by atoms with E-state index in [-0.39, 0.29) is 18.2 Å². The first-order chi connectivity index (χ1) is 8.66. The van der Waals surface area contributed by atoms with Crippen molar-refractivity contribution < 1.29 is 14.7 Å². The van der Waals surface area contributed by atoms with E-state index in [1.807, 2.05) is 4.90 Å². The molecule has 1 saturated heterocycles. The van der Waals surface area contributed by atoms with E-state index >= 15 is 0 Å². The predicted molar refractivity (Wildman–Crippen MR) is 63.2 cm³/mol. The first-order valence-corrected chi connectivity index (χ1v) is 5.91. The van der Waals surface area contributed by atoms with Crippen LogP contribution < -0.4 is 0 Å².